The maximum Gasteiger partial charge on any atom is 0.337 e. The monoisotopic (exact) mass is 441 g/mol. The molecule has 160 valence electrons. The highest BCUT2D eigenvalue weighted by Gasteiger charge is 2.34. The van der Waals surface area contributed by atoms with Crippen molar-refractivity contribution in [3.05, 3.63) is 48.0 Å². The smallest absolute Gasteiger partial charge is 0.337 e. The van der Waals surface area contributed by atoms with Crippen molar-refractivity contribution in [3.8, 4) is 11.5 Å². The van der Waals surface area contributed by atoms with Gasteiger partial charge in [-0.25, -0.2) is 9.79 Å². The van der Waals surface area contributed by atoms with Crippen LogP contribution in [0.25, 0.3) is 0 Å². The third-order valence-corrected chi connectivity index (χ3v) is 5.96. The highest BCUT2D eigenvalue weighted by atomic mass is 32.2. The molecule has 10 heteroatoms. The van der Waals surface area contributed by atoms with Crippen LogP contribution in [0, 0.1) is 0 Å². The zero-order valence-corrected chi connectivity index (χ0v) is 17.6. The summed E-state index contributed by atoms with van der Waals surface area (Å²) in [6.45, 7) is 0.158. The minimum atomic E-state index is -0.642. The molecule has 2 aromatic rings. The summed E-state index contributed by atoms with van der Waals surface area (Å²) in [6, 6.07) is 11.5. The second-order valence-corrected chi connectivity index (χ2v) is 7.92. The number of carbonyl (C=O) groups excluding carboxylic acids is 3. The number of hydrogen-bond donors (Lipinski definition) is 1. The Bertz CT molecular complexity index is 1070. The van der Waals surface area contributed by atoms with E-state index in [0.29, 0.717) is 33.6 Å². The Balaban J connectivity index is 1.48. The molecule has 0 aliphatic carbocycles. The number of aliphatic imine (C=N–C) groups is 1. The van der Waals surface area contributed by atoms with Crippen molar-refractivity contribution in [2.24, 2.45) is 4.99 Å². The van der Waals surface area contributed by atoms with Crippen molar-refractivity contribution in [1.82, 2.24) is 4.90 Å². The maximum absolute atomic E-state index is 12.8. The molecule has 1 fully saturated rings. The number of ether oxygens (including phenoxy) is 3. The van der Waals surface area contributed by atoms with Crippen LogP contribution in [0.5, 0.6) is 11.5 Å². The number of esters is 1. The maximum atomic E-state index is 12.8. The Morgan fingerprint density at radius 2 is 1.90 bits per heavy atom. The summed E-state index contributed by atoms with van der Waals surface area (Å²) in [7, 11) is 2.93. The highest BCUT2D eigenvalue weighted by molar-refractivity contribution is 8.15. The summed E-state index contributed by atoms with van der Waals surface area (Å²) in [6.07, 6.45) is 0.0490. The van der Waals surface area contributed by atoms with Crippen LogP contribution in [0.4, 0.5) is 11.4 Å². The third kappa shape index (κ3) is 4.48. The molecule has 4 rings (SSSR count). The van der Waals surface area contributed by atoms with Gasteiger partial charge in [0.2, 0.25) is 18.6 Å². The molecule has 2 heterocycles. The number of nitrogens with zero attached hydrogens (tertiary/aromatic N) is 2. The van der Waals surface area contributed by atoms with E-state index in [1.165, 1.54) is 23.8 Å². The number of thioether (sulfide) groups is 1. The Kier molecular flexibility index (Phi) is 5.81. The first-order valence-electron chi connectivity index (χ1n) is 9.35. The van der Waals surface area contributed by atoms with Crippen LogP contribution < -0.4 is 14.8 Å². The lowest BCUT2D eigenvalue weighted by Gasteiger charge is -2.28. The van der Waals surface area contributed by atoms with Gasteiger partial charge in [0.25, 0.3) is 0 Å². The summed E-state index contributed by atoms with van der Waals surface area (Å²) in [4.78, 5) is 42.7. The first-order chi connectivity index (χ1) is 14.9. The number of nitrogens with one attached hydrogen (secondary N) is 1. The van der Waals surface area contributed by atoms with Crippen molar-refractivity contribution in [3.63, 3.8) is 0 Å². The third-order valence-electron chi connectivity index (χ3n) is 4.72. The molecule has 1 saturated heterocycles. The molecule has 0 aromatic heterocycles. The summed E-state index contributed by atoms with van der Waals surface area (Å²) >= 11 is 1.21. The number of rotatable bonds is 4. The fourth-order valence-corrected chi connectivity index (χ4v) is 4.06. The van der Waals surface area contributed by atoms with Gasteiger partial charge in [-0.3, -0.25) is 14.5 Å². The van der Waals surface area contributed by atoms with Gasteiger partial charge in [0.15, 0.2) is 16.7 Å². The lowest BCUT2D eigenvalue weighted by molar-refractivity contribution is -0.128. The van der Waals surface area contributed by atoms with Gasteiger partial charge in [-0.05, 0) is 36.4 Å². The Hall–Kier alpha value is -3.53. The number of hydrogen-bond acceptors (Lipinski definition) is 8. The van der Waals surface area contributed by atoms with Gasteiger partial charge in [0.1, 0.15) is 5.25 Å². The molecule has 0 radical (unpaired) electrons. The number of amidine groups is 1. The van der Waals surface area contributed by atoms with Crippen LogP contribution in [0.1, 0.15) is 16.8 Å². The Morgan fingerprint density at radius 3 is 2.65 bits per heavy atom. The van der Waals surface area contributed by atoms with Crippen LogP contribution >= 0.6 is 11.8 Å². The molecule has 2 aliphatic heterocycles. The molecule has 31 heavy (non-hydrogen) atoms. The number of amides is 2. The molecular formula is C21H19N3O6S. The zero-order valence-electron chi connectivity index (χ0n) is 16.8. The van der Waals surface area contributed by atoms with Gasteiger partial charge >= 0.3 is 5.97 Å². The van der Waals surface area contributed by atoms with E-state index in [1.54, 1.807) is 49.5 Å². The van der Waals surface area contributed by atoms with E-state index in [9.17, 15) is 14.4 Å². The van der Waals surface area contributed by atoms with Gasteiger partial charge in [0.05, 0.1) is 18.4 Å². The molecule has 0 saturated carbocycles. The second kappa shape index (κ2) is 8.68. The van der Waals surface area contributed by atoms with E-state index in [2.05, 4.69) is 15.0 Å². The van der Waals surface area contributed by atoms with Crippen molar-refractivity contribution in [2.45, 2.75) is 11.7 Å². The topological polar surface area (TPSA) is 107 Å². The van der Waals surface area contributed by atoms with Crippen LogP contribution in [-0.4, -0.2) is 54.1 Å². The summed E-state index contributed by atoms with van der Waals surface area (Å²) in [5.74, 6) is 0.232. The predicted molar refractivity (Wildman–Crippen MR) is 115 cm³/mol. The first kappa shape index (κ1) is 20.7. The standard InChI is InChI=1S/C21H19N3O6S/c1-24-18(25)10-17(19(26)22-13-5-3-12(4-6-13)20(27)28-2)31-21(24)23-14-7-8-15-16(9-14)30-11-29-15/h3-9,17H,10-11H2,1-2H3,(H,22,26). The Labute approximate surface area is 182 Å². The van der Waals surface area contributed by atoms with E-state index in [-0.39, 0.29) is 25.0 Å². The minimum absolute atomic E-state index is 0.0490. The minimum Gasteiger partial charge on any atom is -0.465 e. The molecular weight excluding hydrogens is 422 g/mol. The van der Waals surface area contributed by atoms with Gasteiger partial charge in [0, 0.05) is 25.2 Å². The summed E-state index contributed by atoms with van der Waals surface area (Å²) in [5, 5.41) is 2.55. The Morgan fingerprint density at radius 1 is 1.16 bits per heavy atom. The fraction of sp³-hybridized carbons (Fsp3) is 0.238. The van der Waals surface area contributed by atoms with Gasteiger partial charge < -0.3 is 19.5 Å². The molecule has 1 atom stereocenters. The van der Waals surface area contributed by atoms with Crippen molar-refractivity contribution >= 4 is 46.1 Å². The van der Waals surface area contributed by atoms with E-state index < -0.39 is 11.2 Å². The largest absolute Gasteiger partial charge is 0.465 e. The lowest BCUT2D eigenvalue weighted by atomic mass is 10.2. The molecule has 1 N–H and O–H groups in total. The van der Waals surface area contributed by atoms with Gasteiger partial charge in [-0.2, -0.15) is 0 Å². The van der Waals surface area contributed by atoms with E-state index >= 15 is 0 Å². The van der Waals surface area contributed by atoms with Crippen molar-refractivity contribution in [2.75, 3.05) is 26.3 Å². The molecule has 2 aromatic carbocycles. The van der Waals surface area contributed by atoms with Crippen LogP contribution in [0.15, 0.2) is 47.5 Å². The zero-order chi connectivity index (χ0) is 22.0. The van der Waals surface area contributed by atoms with Crippen LogP contribution in [-0.2, 0) is 14.3 Å². The van der Waals surface area contributed by atoms with Gasteiger partial charge in [-0.1, -0.05) is 11.8 Å². The second-order valence-electron chi connectivity index (χ2n) is 6.75. The van der Waals surface area contributed by atoms with E-state index in [0.717, 1.165) is 0 Å². The number of carbonyl (C=O) groups is 3. The van der Waals surface area contributed by atoms with Crippen LogP contribution in [0.2, 0.25) is 0 Å². The average Bonchev–Trinajstić information content (AvgIpc) is 3.24. The van der Waals surface area contributed by atoms with Crippen molar-refractivity contribution < 1.29 is 28.6 Å². The molecule has 1 unspecified atom stereocenters. The highest BCUT2D eigenvalue weighted by Crippen LogP contribution is 2.36. The van der Waals surface area contributed by atoms with Crippen molar-refractivity contribution in [1.29, 1.82) is 0 Å². The lowest BCUT2D eigenvalue weighted by Crippen LogP contribution is -2.43. The van der Waals surface area contributed by atoms with Gasteiger partial charge in [-0.15, -0.1) is 0 Å². The number of methoxy groups -OCH3 is 1. The number of benzene rings is 2. The molecule has 9 nitrogen and oxygen atoms in total. The fourth-order valence-electron chi connectivity index (χ4n) is 2.99. The predicted octanol–water partition coefficient (Wildman–Crippen LogP) is 2.79. The summed E-state index contributed by atoms with van der Waals surface area (Å²) in [5.41, 5.74) is 1.48. The quantitative estimate of drug-likeness (QED) is 0.727. The molecule has 2 aliphatic rings. The normalized spacial score (nSPS) is 18.8. The number of fused-ring (bicyclic) bond motifs is 1. The summed E-state index contributed by atoms with van der Waals surface area (Å²) < 4.78 is 15.3. The molecule has 0 bridgehead atoms. The average molecular weight is 441 g/mol. The van der Waals surface area contributed by atoms with Crippen LogP contribution in [0.3, 0.4) is 0 Å². The van der Waals surface area contributed by atoms with E-state index in [1.807, 2.05) is 0 Å². The SMILES string of the molecule is COC(=O)c1ccc(NC(=O)C2CC(=O)N(C)C(=Nc3ccc4c(c3)OCO4)S2)cc1. The first-order valence-corrected chi connectivity index (χ1v) is 10.2. The molecule has 2 amide bonds. The molecule has 0 spiro atoms. The number of anilines is 1. The van der Waals surface area contributed by atoms with E-state index in [4.69, 9.17) is 9.47 Å².